The lowest BCUT2D eigenvalue weighted by molar-refractivity contribution is -0.114. The monoisotopic (exact) mass is 414 g/mol. The SMILES string of the molecule is O=CCC[C@H](OCc1ccccc1)[C@H](O)[C@@H](O)CCCCCOCc1ccccc1. The van der Waals surface area contributed by atoms with Gasteiger partial charge in [0.2, 0.25) is 0 Å². The maximum absolute atomic E-state index is 10.8. The van der Waals surface area contributed by atoms with E-state index in [9.17, 15) is 15.0 Å². The highest BCUT2D eigenvalue weighted by Gasteiger charge is 2.26. The molecule has 0 aliphatic rings. The second-order valence-electron chi connectivity index (χ2n) is 7.52. The van der Waals surface area contributed by atoms with Crippen LogP contribution in [0.2, 0.25) is 0 Å². The molecule has 5 heteroatoms. The summed E-state index contributed by atoms with van der Waals surface area (Å²) in [7, 11) is 0. The van der Waals surface area contributed by atoms with Gasteiger partial charge in [-0.25, -0.2) is 0 Å². The Morgan fingerprint density at radius 1 is 0.800 bits per heavy atom. The number of carbonyl (C=O) groups excluding carboxylic acids is 1. The van der Waals surface area contributed by atoms with Crippen LogP contribution in [-0.2, 0) is 27.5 Å². The number of aldehydes is 1. The van der Waals surface area contributed by atoms with Gasteiger partial charge in [0.1, 0.15) is 12.4 Å². The third kappa shape index (κ3) is 9.63. The molecule has 0 saturated carbocycles. The number of unbranched alkanes of at least 4 members (excludes halogenated alkanes) is 2. The Morgan fingerprint density at radius 3 is 2.07 bits per heavy atom. The number of hydrogen-bond acceptors (Lipinski definition) is 5. The molecule has 30 heavy (non-hydrogen) atoms. The largest absolute Gasteiger partial charge is 0.390 e. The Balaban J connectivity index is 1.64. The minimum Gasteiger partial charge on any atom is -0.390 e. The van der Waals surface area contributed by atoms with Crippen LogP contribution in [0.3, 0.4) is 0 Å². The van der Waals surface area contributed by atoms with E-state index < -0.39 is 18.3 Å². The van der Waals surface area contributed by atoms with Crippen molar-refractivity contribution in [3.8, 4) is 0 Å². The van der Waals surface area contributed by atoms with Crippen LogP contribution >= 0.6 is 0 Å². The van der Waals surface area contributed by atoms with Crippen LogP contribution in [0.15, 0.2) is 60.7 Å². The summed E-state index contributed by atoms with van der Waals surface area (Å²) in [6, 6.07) is 19.7. The molecule has 0 heterocycles. The van der Waals surface area contributed by atoms with Crippen LogP contribution in [0.1, 0.15) is 49.7 Å². The fourth-order valence-corrected chi connectivity index (χ4v) is 3.28. The molecule has 0 aromatic heterocycles. The van der Waals surface area contributed by atoms with Gasteiger partial charge in [-0.2, -0.15) is 0 Å². The zero-order chi connectivity index (χ0) is 21.4. The third-order valence-electron chi connectivity index (χ3n) is 5.05. The number of carbonyl (C=O) groups is 1. The van der Waals surface area contributed by atoms with Gasteiger partial charge in [-0.05, 0) is 30.4 Å². The van der Waals surface area contributed by atoms with Crippen molar-refractivity contribution in [2.24, 2.45) is 0 Å². The zero-order valence-electron chi connectivity index (χ0n) is 17.6. The molecule has 0 spiro atoms. The molecule has 2 aromatic carbocycles. The maximum atomic E-state index is 10.8. The first kappa shape index (κ1) is 24.2. The quantitative estimate of drug-likeness (QED) is 0.320. The van der Waals surface area contributed by atoms with E-state index in [1.54, 1.807) is 0 Å². The predicted molar refractivity (Wildman–Crippen MR) is 117 cm³/mol. The van der Waals surface area contributed by atoms with Gasteiger partial charge in [-0.3, -0.25) is 0 Å². The summed E-state index contributed by atoms with van der Waals surface area (Å²) >= 11 is 0. The molecule has 0 bridgehead atoms. The highest BCUT2D eigenvalue weighted by Crippen LogP contribution is 2.17. The van der Waals surface area contributed by atoms with Crippen molar-refractivity contribution in [2.45, 2.75) is 70.1 Å². The number of ether oxygens (including phenoxy) is 2. The van der Waals surface area contributed by atoms with E-state index in [1.165, 1.54) is 0 Å². The van der Waals surface area contributed by atoms with E-state index in [-0.39, 0.29) is 0 Å². The van der Waals surface area contributed by atoms with Crippen molar-refractivity contribution in [3.63, 3.8) is 0 Å². The van der Waals surface area contributed by atoms with Gasteiger partial charge >= 0.3 is 0 Å². The van der Waals surface area contributed by atoms with Gasteiger partial charge in [0, 0.05) is 13.0 Å². The highest BCUT2D eigenvalue weighted by atomic mass is 16.5. The fourth-order valence-electron chi connectivity index (χ4n) is 3.28. The summed E-state index contributed by atoms with van der Waals surface area (Å²) in [5, 5.41) is 20.9. The Hall–Kier alpha value is -2.05. The van der Waals surface area contributed by atoms with E-state index >= 15 is 0 Å². The second kappa shape index (κ2) is 14.9. The molecule has 0 aliphatic heterocycles. The van der Waals surface area contributed by atoms with E-state index in [0.717, 1.165) is 36.7 Å². The van der Waals surface area contributed by atoms with Gasteiger partial charge < -0.3 is 24.5 Å². The van der Waals surface area contributed by atoms with Crippen LogP contribution < -0.4 is 0 Å². The normalized spacial score (nSPS) is 14.2. The van der Waals surface area contributed by atoms with Crippen molar-refractivity contribution in [3.05, 3.63) is 71.8 Å². The summed E-state index contributed by atoms with van der Waals surface area (Å²) in [5.41, 5.74) is 2.15. The van der Waals surface area contributed by atoms with Gasteiger partial charge in [0.05, 0.1) is 25.4 Å². The number of benzene rings is 2. The minimum absolute atomic E-state index is 0.294. The average Bonchev–Trinajstić information content (AvgIpc) is 2.79. The van der Waals surface area contributed by atoms with Gasteiger partial charge in [-0.1, -0.05) is 73.5 Å². The standard InChI is InChI=1S/C25H34O5/c26-17-10-16-24(30-20-22-13-6-2-7-14-22)25(28)23(27)15-8-3-9-18-29-19-21-11-4-1-5-12-21/h1-2,4-7,11-14,17,23-25,27-28H,3,8-10,15-16,18-20H2/t23-,24-,25+/m0/s1. The number of rotatable bonds is 16. The van der Waals surface area contributed by atoms with Gasteiger partial charge in [0.25, 0.3) is 0 Å². The molecule has 0 radical (unpaired) electrons. The highest BCUT2D eigenvalue weighted by molar-refractivity contribution is 5.49. The number of aliphatic hydroxyl groups is 2. The maximum Gasteiger partial charge on any atom is 0.120 e. The summed E-state index contributed by atoms with van der Waals surface area (Å²) in [6.07, 6.45) is 2.16. The van der Waals surface area contributed by atoms with Crippen LogP contribution in [-0.4, -0.2) is 41.4 Å². The Kier molecular flexibility index (Phi) is 12.0. The predicted octanol–water partition coefficient (Wildman–Crippen LogP) is 4.05. The van der Waals surface area contributed by atoms with Crippen molar-refractivity contribution in [1.82, 2.24) is 0 Å². The molecule has 0 amide bonds. The van der Waals surface area contributed by atoms with E-state index in [4.69, 9.17) is 9.47 Å². The lowest BCUT2D eigenvalue weighted by Gasteiger charge is -2.27. The average molecular weight is 415 g/mol. The molecule has 5 nitrogen and oxygen atoms in total. The molecular formula is C25H34O5. The van der Waals surface area contributed by atoms with Crippen molar-refractivity contribution in [1.29, 1.82) is 0 Å². The molecule has 0 aliphatic carbocycles. The first-order valence-electron chi connectivity index (χ1n) is 10.8. The molecule has 2 rings (SSSR count). The summed E-state index contributed by atoms with van der Waals surface area (Å²) in [6.45, 7) is 1.63. The van der Waals surface area contributed by atoms with E-state index in [1.807, 2.05) is 60.7 Å². The lowest BCUT2D eigenvalue weighted by Crippen LogP contribution is -2.39. The Morgan fingerprint density at radius 2 is 1.43 bits per heavy atom. The summed E-state index contributed by atoms with van der Waals surface area (Å²) in [4.78, 5) is 10.8. The molecular weight excluding hydrogens is 380 g/mol. The van der Waals surface area contributed by atoms with Crippen LogP contribution in [0.5, 0.6) is 0 Å². The third-order valence-corrected chi connectivity index (χ3v) is 5.05. The van der Waals surface area contributed by atoms with Crippen molar-refractivity contribution in [2.75, 3.05) is 6.61 Å². The zero-order valence-corrected chi connectivity index (χ0v) is 17.6. The lowest BCUT2D eigenvalue weighted by atomic mass is 9.99. The Bertz CT molecular complexity index is 676. The topological polar surface area (TPSA) is 76.0 Å². The van der Waals surface area contributed by atoms with E-state index in [2.05, 4.69) is 0 Å². The van der Waals surface area contributed by atoms with Gasteiger partial charge in [0.15, 0.2) is 0 Å². The van der Waals surface area contributed by atoms with E-state index in [0.29, 0.717) is 39.1 Å². The van der Waals surface area contributed by atoms with Crippen molar-refractivity contribution >= 4 is 6.29 Å². The molecule has 2 aromatic rings. The first-order valence-corrected chi connectivity index (χ1v) is 10.8. The number of aliphatic hydroxyl groups excluding tert-OH is 2. The van der Waals surface area contributed by atoms with Crippen LogP contribution in [0.25, 0.3) is 0 Å². The molecule has 0 unspecified atom stereocenters. The van der Waals surface area contributed by atoms with Gasteiger partial charge in [-0.15, -0.1) is 0 Å². The fraction of sp³-hybridized carbons (Fsp3) is 0.480. The first-order chi connectivity index (χ1) is 14.7. The van der Waals surface area contributed by atoms with Crippen molar-refractivity contribution < 1.29 is 24.5 Å². The molecule has 0 saturated heterocycles. The number of hydrogen-bond donors (Lipinski definition) is 2. The molecule has 2 N–H and O–H groups in total. The minimum atomic E-state index is -1.01. The smallest absolute Gasteiger partial charge is 0.120 e. The molecule has 0 fully saturated rings. The molecule has 164 valence electrons. The summed E-state index contributed by atoms with van der Waals surface area (Å²) in [5.74, 6) is 0. The Labute approximate surface area is 179 Å². The second-order valence-corrected chi connectivity index (χ2v) is 7.52. The molecule has 3 atom stereocenters. The summed E-state index contributed by atoms with van der Waals surface area (Å²) < 4.78 is 11.5. The van der Waals surface area contributed by atoms with Crippen LogP contribution in [0.4, 0.5) is 0 Å². The van der Waals surface area contributed by atoms with Crippen LogP contribution in [0, 0.1) is 0 Å².